The molecule has 0 fully saturated rings. The van der Waals surface area contributed by atoms with Gasteiger partial charge in [-0.3, -0.25) is 9.40 Å². The minimum Gasteiger partial charge on any atom is -0.263 e. The summed E-state index contributed by atoms with van der Waals surface area (Å²) in [5, 5.41) is 4.15. The molecule has 1 heterocycles. The van der Waals surface area contributed by atoms with E-state index >= 15 is 0 Å². The average molecular weight is 344 g/mol. The Labute approximate surface area is 120 Å². The summed E-state index contributed by atoms with van der Waals surface area (Å²) in [5.41, 5.74) is 1.62. The first-order valence-electron chi connectivity index (χ1n) is 5.60. The molecule has 1 N–H and O–H groups in total. The van der Waals surface area contributed by atoms with E-state index < -0.39 is 10.0 Å². The molecule has 102 valence electrons. The molecular formula is C12H14BrN3O2S. The third-order valence-corrected chi connectivity index (χ3v) is 4.97. The molecule has 0 saturated carbocycles. The molecule has 7 heteroatoms. The maximum absolute atomic E-state index is 12.3. The lowest BCUT2D eigenvalue weighted by Crippen LogP contribution is -2.15. The van der Waals surface area contributed by atoms with Crippen molar-refractivity contribution in [2.45, 2.75) is 18.7 Å². The van der Waals surface area contributed by atoms with Crippen LogP contribution in [0.3, 0.4) is 0 Å². The first-order chi connectivity index (χ1) is 8.81. The highest BCUT2D eigenvalue weighted by atomic mass is 79.9. The van der Waals surface area contributed by atoms with Crippen molar-refractivity contribution in [1.29, 1.82) is 0 Å². The normalized spacial score (nSPS) is 11.6. The number of halogens is 1. The van der Waals surface area contributed by atoms with Gasteiger partial charge in [-0.05, 0) is 47.5 Å². The number of aromatic nitrogens is 2. The zero-order chi connectivity index (χ0) is 14.2. The second kappa shape index (κ2) is 4.97. The molecule has 0 unspecified atom stereocenters. The van der Waals surface area contributed by atoms with Gasteiger partial charge in [-0.15, -0.1) is 0 Å². The van der Waals surface area contributed by atoms with Gasteiger partial charge in [0.15, 0.2) is 5.82 Å². The lowest BCUT2D eigenvalue weighted by Gasteiger charge is -2.09. The van der Waals surface area contributed by atoms with E-state index in [0.29, 0.717) is 10.3 Å². The average Bonchev–Trinajstić information content (AvgIpc) is 2.56. The van der Waals surface area contributed by atoms with Crippen LogP contribution in [0.4, 0.5) is 5.82 Å². The fourth-order valence-corrected chi connectivity index (χ4v) is 3.48. The summed E-state index contributed by atoms with van der Waals surface area (Å²) in [7, 11) is -1.92. The van der Waals surface area contributed by atoms with Gasteiger partial charge in [-0.25, -0.2) is 8.42 Å². The largest absolute Gasteiger partial charge is 0.263 e. The predicted octanol–water partition coefficient (Wildman–Crippen LogP) is 2.60. The zero-order valence-electron chi connectivity index (χ0n) is 10.8. The van der Waals surface area contributed by atoms with Crippen LogP contribution in [0.5, 0.6) is 0 Å². The molecule has 0 radical (unpaired) electrons. The maximum Gasteiger partial charge on any atom is 0.263 e. The molecule has 0 atom stereocenters. The molecule has 1 aromatic carbocycles. The quantitative estimate of drug-likeness (QED) is 0.931. The van der Waals surface area contributed by atoms with E-state index in [9.17, 15) is 8.42 Å². The van der Waals surface area contributed by atoms with Gasteiger partial charge in [0.1, 0.15) is 0 Å². The van der Waals surface area contributed by atoms with Crippen LogP contribution < -0.4 is 4.72 Å². The maximum atomic E-state index is 12.3. The lowest BCUT2D eigenvalue weighted by atomic mass is 10.2. The van der Waals surface area contributed by atoms with Crippen molar-refractivity contribution in [2.24, 2.45) is 7.05 Å². The molecule has 19 heavy (non-hydrogen) atoms. The topological polar surface area (TPSA) is 64.0 Å². The summed E-state index contributed by atoms with van der Waals surface area (Å²) in [6.45, 7) is 3.65. The molecule has 0 amide bonds. The standard InChI is InChI=1S/C12H14BrN3O2S/c1-8-5-4-6-10(7-8)19(17,18)15-12-11(13)9(2)14-16(12)3/h4-7,15H,1-3H3. The van der Waals surface area contributed by atoms with Crippen LogP contribution in [-0.2, 0) is 17.1 Å². The number of anilines is 1. The van der Waals surface area contributed by atoms with Crippen LogP contribution in [0.25, 0.3) is 0 Å². The highest BCUT2D eigenvalue weighted by Gasteiger charge is 2.19. The number of hydrogen-bond donors (Lipinski definition) is 1. The molecule has 5 nitrogen and oxygen atoms in total. The van der Waals surface area contributed by atoms with Gasteiger partial charge < -0.3 is 0 Å². The Morgan fingerprint density at radius 1 is 1.32 bits per heavy atom. The molecule has 0 spiro atoms. The van der Waals surface area contributed by atoms with Crippen LogP contribution in [0, 0.1) is 13.8 Å². The summed E-state index contributed by atoms with van der Waals surface area (Å²) in [4.78, 5) is 0.234. The third-order valence-electron chi connectivity index (χ3n) is 2.68. The van der Waals surface area contributed by atoms with Crippen molar-refractivity contribution in [2.75, 3.05) is 4.72 Å². The monoisotopic (exact) mass is 343 g/mol. The van der Waals surface area contributed by atoms with E-state index in [1.54, 1.807) is 32.2 Å². The second-order valence-corrected chi connectivity index (χ2v) is 6.77. The molecule has 2 rings (SSSR count). The number of hydrogen-bond acceptors (Lipinski definition) is 3. The number of aryl methyl sites for hydroxylation is 3. The fraction of sp³-hybridized carbons (Fsp3) is 0.250. The fourth-order valence-electron chi connectivity index (χ4n) is 1.71. The van der Waals surface area contributed by atoms with Crippen molar-refractivity contribution in [3.8, 4) is 0 Å². The number of sulfonamides is 1. The summed E-state index contributed by atoms with van der Waals surface area (Å²) in [6.07, 6.45) is 0. The summed E-state index contributed by atoms with van der Waals surface area (Å²) in [5.74, 6) is 0.416. The lowest BCUT2D eigenvalue weighted by molar-refractivity contribution is 0.600. The molecule has 2 aromatic rings. The Balaban J connectivity index is 2.42. The smallest absolute Gasteiger partial charge is 0.263 e. The van der Waals surface area contributed by atoms with Crippen LogP contribution in [0.15, 0.2) is 33.6 Å². The van der Waals surface area contributed by atoms with E-state index in [2.05, 4.69) is 25.8 Å². The van der Waals surface area contributed by atoms with Crippen LogP contribution in [0.1, 0.15) is 11.3 Å². The predicted molar refractivity (Wildman–Crippen MR) is 77.6 cm³/mol. The highest BCUT2D eigenvalue weighted by Crippen LogP contribution is 2.27. The number of rotatable bonds is 3. The molecule has 0 aliphatic rings. The van der Waals surface area contributed by atoms with Gasteiger partial charge in [0.2, 0.25) is 0 Å². The molecule has 0 aliphatic heterocycles. The summed E-state index contributed by atoms with van der Waals surface area (Å²) < 4.78 is 29.3. The summed E-state index contributed by atoms with van der Waals surface area (Å²) in [6, 6.07) is 6.75. The van der Waals surface area contributed by atoms with Gasteiger partial charge in [0.25, 0.3) is 10.0 Å². The summed E-state index contributed by atoms with van der Waals surface area (Å²) >= 11 is 3.33. The second-order valence-electron chi connectivity index (χ2n) is 4.29. The third kappa shape index (κ3) is 2.82. The molecule has 1 aromatic heterocycles. The number of nitrogens with zero attached hydrogens (tertiary/aromatic N) is 2. The van der Waals surface area contributed by atoms with Gasteiger partial charge in [-0.1, -0.05) is 12.1 Å². The Morgan fingerprint density at radius 2 is 2.00 bits per heavy atom. The van der Waals surface area contributed by atoms with E-state index in [0.717, 1.165) is 11.3 Å². The molecule has 0 aliphatic carbocycles. The van der Waals surface area contributed by atoms with E-state index in [1.807, 2.05) is 13.0 Å². The molecule has 0 bridgehead atoms. The van der Waals surface area contributed by atoms with Crippen molar-refractivity contribution in [3.63, 3.8) is 0 Å². The van der Waals surface area contributed by atoms with E-state index in [4.69, 9.17) is 0 Å². The van der Waals surface area contributed by atoms with Crippen molar-refractivity contribution >= 4 is 31.8 Å². The van der Waals surface area contributed by atoms with Crippen molar-refractivity contribution in [3.05, 3.63) is 40.0 Å². The van der Waals surface area contributed by atoms with Crippen LogP contribution >= 0.6 is 15.9 Å². The Kier molecular flexibility index (Phi) is 3.69. The first-order valence-corrected chi connectivity index (χ1v) is 7.87. The van der Waals surface area contributed by atoms with Crippen LogP contribution in [0.2, 0.25) is 0 Å². The van der Waals surface area contributed by atoms with Crippen molar-refractivity contribution < 1.29 is 8.42 Å². The Morgan fingerprint density at radius 3 is 2.53 bits per heavy atom. The molecular weight excluding hydrogens is 330 g/mol. The SMILES string of the molecule is Cc1cccc(S(=O)(=O)Nc2c(Br)c(C)nn2C)c1. The number of nitrogens with one attached hydrogen (secondary N) is 1. The minimum absolute atomic E-state index is 0.234. The molecule has 0 saturated heterocycles. The first kappa shape index (κ1) is 14.1. The number of benzene rings is 1. The van der Waals surface area contributed by atoms with Crippen molar-refractivity contribution in [1.82, 2.24) is 9.78 Å². The van der Waals surface area contributed by atoms with Gasteiger partial charge in [0, 0.05) is 7.05 Å². The minimum atomic E-state index is -3.61. The van der Waals surface area contributed by atoms with E-state index in [1.165, 1.54) is 4.68 Å². The van der Waals surface area contributed by atoms with Gasteiger partial charge in [0.05, 0.1) is 15.1 Å². The van der Waals surface area contributed by atoms with Gasteiger partial charge in [-0.2, -0.15) is 5.10 Å². The Hall–Kier alpha value is -1.34. The van der Waals surface area contributed by atoms with E-state index in [-0.39, 0.29) is 4.90 Å². The highest BCUT2D eigenvalue weighted by molar-refractivity contribution is 9.10. The zero-order valence-corrected chi connectivity index (χ0v) is 13.2. The van der Waals surface area contributed by atoms with Gasteiger partial charge >= 0.3 is 0 Å². The van der Waals surface area contributed by atoms with Crippen LogP contribution in [-0.4, -0.2) is 18.2 Å². The Bertz CT molecular complexity index is 723.